The van der Waals surface area contributed by atoms with Gasteiger partial charge in [-0.05, 0) is 13.8 Å². The summed E-state index contributed by atoms with van der Waals surface area (Å²) in [6, 6.07) is 0.853. The summed E-state index contributed by atoms with van der Waals surface area (Å²) in [6.45, 7) is 6.00. The maximum Gasteiger partial charge on any atom is 0.297 e. The largest absolute Gasteiger partial charge is 0.432 e. The van der Waals surface area contributed by atoms with Crippen LogP contribution in [0.4, 0.5) is 6.01 Å². The van der Waals surface area contributed by atoms with Crippen molar-refractivity contribution in [2.45, 2.75) is 26.4 Å². The van der Waals surface area contributed by atoms with Crippen molar-refractivity contribution >= 4 is 6.01 Å². The lowest BCUT2D eigenvalue weighted by atomic mass is 10.3. The van der Waals surface area contributed by atoms with Crippen LogP contribution in [0.5, 0.6) is 0 Å². The van der Waals surface area contributed by atoms with Crippen LogP contribution in [-0.4, -0.2) is 31.3 Å². The average molecular weight is 213 g/mol. The molecule has 0 bridgehead atoms. The minimum Gasteiger partial charge on any atom is -0.432 e. The Balaban J connectivity index is 2.72. The Kier molecular flexibility index (Phi) is 4.58. The van der Waals surface area contributed by atoms with Gasteiger partial charge in [0.25, 0.3) is 6.01 Å². The molecular weight excluding hydrogens is 194 g/mol. The Morgan fingerprint density at radius 3 is 2.87 bits per heavy atom. The molecule has 1 aromatic rings. The topological polar surface area (TPSA) is 64.5 Å². The molecule has 0 saturated heterocycles. The summed E-state index contributed by atoms with van der Waals surface area (Å²) in [5.41, 5.74) is 6.25. The molecule has 1 aromatic heterocycles. The summed E-state index contributed by atoms with van der Waals surface area (Å²) in [4.78, 5) is 6.33. The highest BCUT2D eigenvalue weighted by molar-refractivity contribution is 5.28. The fourth-order valence-corrected chi connectivity index (χ4v) is 1.49. The molecule has 5 heteroatoms. The van der Waals surface area contributed by atoms with E-state index in [1.807, 2.05) is 4.90 Å². The zero-order valence-corrected chi connectivity index (χ0v) is 9.56. The van der Waals surface area contributed by atoms with Crippen LogP contribution in [-0.2, 0) is 11.3 Å². The number of aromatic nitrogens is 1. The standard InChI is InChI=1S/C10H19N3O2/c1-4-13(8(2)6-14-3)10-12-9(5-11)7-15-10/h7-8H,4-6,11H2,1-3H3. The van der Waals surface area contributed by atoms with E-state index in [4.69, 9.17) is 14.9 Å². The Morgan fingerprint density at radius 2 is 2.40 bits per heavy atom. The summed E-state index contributed by atoms with van der Waals surface area (Å²) >= 11 is 0. The molecule has 0 fully saturated rings. The van der Waals surface area contributed by atoms with E-state index in [2.05, 4.69) is 18.8 Å². The number of anilines is 1. The third-order valence-electron chi connectivity index (χ3n) is 2.28. The van der Waals surface area contributed by atoms with Crippen molar-refractivity contribution in [1.29, 1.82) is 0 Å². The first-order chi connectivity index (χ1) is 7.22. The van der Waals surface area contributed by atoms with Crippen molar-refractivity contribution in [2.24, 2.45) is 5.73 Å². The SMILES string of the molecule is CCN(c1nc(CN)co1)C(C)COC. The predicted molar refractivity (Wildman–Crippen MR) is 58.8 cm³/mol. The van der Waals surface area contributed by atoms with Gasteiger partial charge in [0.1, 0.15) is 6.26 Å². The average Bonchev–Trinajstić information content (AvgIpc) is 2.68. The number of rotatable bonds is 6. The highest BCUT2D eigenvalue weighted by Crippen LogP contribution is 2.16. The summed E-state index contributed by atoms with van der Waals surface area (Å²) in [5, 5.41) is 0. The van der Waals surface area contributed by atoms with Crippen LogP contribution in [0.25, 0.3) is 0 Å². The van der Waals surface area contributed by atoms with Crippen LogP contribution in [0.2, 0.25) is 0 Å². The molecule has 0 aromatic carbocycles. The van der Waals surface area contributed by atoms with Crippen LogP contribution in [0.3, 0.4) is 0 Å². The summed E-state index contributed by atoms with van der Waals surface area (Å²) in [6.07, 6.45) is 1.59. The zero-order chi connectivity index (χ0) is 11.3. The van der Waals surface area contributed by atoms with Gasteiger partial charge < -0.3 is 19.8 Å². The first-order valence-corrected chi connectivity index (χ1v) is 5.13. The molecule has 0 radical (unpaired) electrons. The summed E-state index contributed by atoms with van der Waals surface area (Å²) < 4.78 is 10.5. The first-order valence-electron chi connectivity index (χ1n) is 5.13. The molecule has 1 rings (SSSR count). The van der Waals surface area contributed by atoms with Gasteiger partial charge in [0.15, 0.2) is 0 Å². The fourth-order valence-electron chi connectivity index (χ4n) is 1.49. The molecule has 0 aliphatic heterocycles. The number of hydrogen-bond acceptors (Lipinski definition) is 5. The van der Waals surface area contributed by atoms with Crippen molar-refractivity contribution in [3.8, 4) is 0 Å². The third-order valence-corrected chi connectivity index (χ3v) is 2.28. The van der Waals surface area contributed by atoms with E-state index >= 15 is 0 Å². The van der Waals surface area contributed by atoms with Gasteiger partial charge >= 0.3 is 0 Å². The molecule has 0 saturated carbocycles. The normalized spacial score (nSPS) is 12.8. The highest BCUT2D eigenvalue weighted by atomic mass is 16.5. The monoisotopic (exact) mass is 213 g/mol. The summed E-state index contributed by atoms with van der Waals surface area (Å²) in [5.74, 6) is 0. The van der Waals surface area contributed by atoms with Crippen molar-refractivity contribution in [3.63, 3.8) is 0 Å². The number of methoxy groups -OCH3 is 1. The summed E-state index contributed by atoms with van der Waals surface area (Å²) in [7, 11) is 1.69. The maximum absolute atomic E-state index is 5.47. The second kappa shape index (κ2) is 5.72. The number of likely N-dealkylation sites (N-methyl/N-ethyl adjacent to an activating group) is 1. The van der Waals surface area contributed by atoms with E-state index in [9.17, 15) is 0 Å². The smallest absolute Gasteiger partial charge is 0.297 e. The molecule has 86 valence electrons. The van der Waals surface area contributed by atoms with Gasteiger partial charge in [-0.25, -0.2) is 0 Å². The van der Waals surface area contributed by atoms with E-state index in [1.165, 1.54) is 0 Å². The predicted octanol–water partition coefficient (Wildman–Crippen LogP) is 0.994. The molecular formula is C10H19N3O2. The van der Waals surface area contributed by atoms with Crippen molar-refractivity contribution in [1.82, 2.24) is 4.98 Å². The van der Waals surface area contributed by atoms with Crippen molar-refractivity contribution in [2.75, 3.05) is 25.2 Å². The van der Waals surface area contributed by atoms with Gasteiger partial charge in [-0.15, -0.1) is 0 Å². The second-order valence-electron chi connectivity index (χ2n) is 3.42. The second-order valence-corrected chi connectivity index (χ2v) is 3.42. The van der Waals surface area contributed by atoms with Crippen LogP contribution in [0.15, 0.2) is 10.7 Å². The van der Waals surface area contributed by atoms with Crippen LogP contribution < -0.4 is 10.6 Å². The zero-order valence-electron chi connectivity index (χ0n) is 9.56. The third kappa shape index (κ3) is 2.94. The minimum absolute atomic E-state index is 0.240. The minimum atomic E-state index is 0.240. The van der Waals surface area contributed by atoms with Crippen LogP contribution >= 0.6 is 0 Å². The fraction of sp³-hybridized carbons (Fsp3) is 0.700. The van der Waals surface area contributed by atoms with Gasteiger partial charge in [-0.2, -0.15) is 4.98 Å². The van der Waals surface area contributed by atoms with E-state index in [1.54, 1.807) is 13.4 Å². The Morgan fingerprint density at radius 1 is 1.67 bits per heavy atom. The van der Waals surface area contributed by atoms with E-state index in [0.29, 0.717) is 19.2 Å². The quantitative estimate of drug-likeness (QED) is 0.763. The molecule has 1 atom stereocenters. The number of nitrogens with two attached hydrogens (primary N) is 1. The molecule has 0 amide bonds. The van der Waals surface area contributed by atoms with Crippen molar-refractivity contribution in [3.05, 3.63) is 12.0 Å². The molecule has 0 aliphatic rings. The van der Waals surface area contributed by atoms with E-state index in [0.717, 1.165) is 12.2 Å². The van der Waals surface area contributed by atoms with Gasteiger partial charge in [0.05, 0.1) is 18.3 Å². The lowest BCUT2D eigenvalue weighted by Crippen LogP contribution is -2.36. The number of nitrogens with zero attached hydrogens (tertiary/aromatic N) is 2. The maximum atomic E-state index is 5.47. The molecule has 1 unspecified atom stereocenters. The molecule has 1 heterocycles. The Labute approximate surface area is 90.2 Å². The molecule has 5 nitrogen and oxygen atoms in total. The van der Waals surface area contributed by atoms with Crippen LogP contribution in [0.1, 0.15) is 19.5 Å². The Hall–Kier alpha value is -1.07. The van der Waals surface area contributed by atoms with Gasteiger partial charge in [0.2, 0.25) is 0 Å². The first kappa shape index (κ1) is 12.0. The number of ether oxygens (including phenoxy) is 1. The Bertz CT molecular complexity index is 288. The van der Waals surface area contributed by atoms with Gasteiger partial charge in [-0.1, -0.05) is 0 Å². The number of hydrogen-bond donors (Lipinski definition) is 1. The highest BCUT2D eigenvalue weighted by Gasteiger charge is 2.17. The molecule has 0 aliphatic carbocycles. The van der Waals surface area contributed by atoms with Crippen LogP contribution in [0, 0.1) is 0 Å². The number of oxazole rings is 1. The molecule has 2 N–H and O–H groups in total. The lowest BCUT2D eigenvalue weighted by Gasteiger charge is -2.25. The van der Waals surface area contributed by atoms with Gasteiger partial charge in [-0.3, -0.25) is 0 Å². The van der Waals surface area contributed by atoms with Crippen molar-refractivity contribution < 1.29 is 9.15 Å². The molecule has 15 heavy (non-hydrogen) atoms. The molecule has 0 spiro atoms. The van der Waals surface area contributed by atoms with E-state index in [-0.39, 0.29) is 6.04 Å². The lowest BCUT2D eigenvalue weighted by molar-refractivity contribution is 0.180. The van der Waals surface area contributed by atoms with Gasteiger partial charge in [0, 0.05) is 20.2 Å². The van der Waals surface area contributed by atoms with E-state index < -0.39 is 0 Å².